The molecule has 0 aromatic heterocycles. The molecule has 118 valence electrons. The summed E-state index contributed by atoms with van der Waals surface area (Å²) in [6.45, 7) is 6.60. The molecule has 0 unspecified atom stereocenters. The SMILES string of the molecule is CCCCCCCCCCC/C(CC)=C(\C=O)CCC. The maximum atomic E-state index is 11.1. The van der Waals surface area contributed by atoms with Crippen LogP contribution in [0.5, 0.6) is 0 Å². The Morgan fingerprint density at radius 1 is 0.700 bits per heavy atom. The standard InChI is InChI=1S/C19H36O/c1-4-7-8-9-10-11-12-13-14-16-18(6-3)19(17-20)15-5-2/h17H,4-16H2,1-3H3/b19-18-. The number of carbonyl (C=O) groups is 1. The number of rotatable bonds is 14. The third-order valence-electron chi connectivity index (χ3n) is 4.12. The maximum Gasteiger partial charge on any atom is 0.145 e. The van der Waals surface area contributed by atoms with Crippen molar-refractivity contribution in [2.45, 2.75) is 104 Å². The number of aldehydes is 1. The summed E-state index contributed by atoms with van der Waals surface area (Å²) in [5, 5.41) is 0. The van der Waals surface area contributed by atoms with E-state index in [-0.39, 0.29) is 0 Å². The normalized spacial score (nSPS) is 12.3. The Balaban J connectivity index is 3.68. The van der Waals surface area contributed by atoms with Crippen LogP contribution < -0.4 is 0 Å². The minimum atomic E-state index is 0.962. The summed E-state index contributed by atoms with van der Waals surface area (Å²) in [6.07, 6.45) is 17.7. The van der Waals surface area contributed by atoms with Crippen molar-refractivity contribution < 1.29 is 4.79 Å². The van der Waals surface area contributed by atoms with Crippen LogP contribution in [0.15, 0.2) is 11.1 Å². The molecule has 0 radical (unpaired) electrons. The molecule has 0 N–H and O–H groups in total. The number of hydrogen-bond donors (Lipinski definition) is 0. The van der Waals surface area contributed by atoms with Crippen LogP contribution in [-0.2, 0) is 4.79 Å². The van der Waals surface area contributed by atoms with Gasteiger partial charge in [-0.1, -0.05) is 84.1 Å². The average Bonchev–Trinajstić information content (AvgIpc) is 2.47. The first-order valence-electron chi connectivity index (χ1n) is 8.96. The number of carbonyl (C=O) groups excluding carboxylic acids is 1. The Labute approximate surface area is 127 Å². The highest BCUT2D eigenvalue weighted by molar-refractivity contribution is 5.74. The van der Waals surface area contributed by atoms with Gasteiger partial charge in [-0.05, 0) is 31.3 Å². The van der Waals surface area contributed by atoms with E-state index in [1.165, 1.54) is 63.4 Å². The summed E-state index contributed by atoms with van der Waals surface area (Å²) >= 11 is 0. The van der Waals surface area contributed by atoms with Crippen molar-refractivity contribution in [1.29, 1.82) is 0 Å². The van der Waals surface area contributed by atoms with Crippen molar-refractivity contribution in [1.82, 2.24) is 0 Å². The predicted octanol–water partition coefficient (Wildman–Crippen LogP) is 6.61. The van der Waals surface area contributed by atoms with Crippen molar-refractivity contribution in [2.75, 3.05) is 0 Å². The van der Waals surface area contributed by atoms with Crippen LogP contribution in [-0.4, -0.2) is 6.29 Å². The van der Waals surface area contributed by atoms with E-state index in [0.29, 0.717) is 0 Å². The van der Waals surface area contributed by atoms with E-state index < -0.39 is 0 Å². The molecular weight excluding hydrogens is 244 g/mol. The predicted molar refractivity (Wildman–Crippen MR) is 90.1 cm³/mol. The third-order valence-corrected chi connectivity index (χ3v) is 4.12. The molecule has 1 heteroatoms. The van der Waals surface area contributed by atoms with E-state index in [2.05, 4.69) is 20.8 Å². The van der Waals surface area contributed by atoms with Gasteiger partial charge < -0.3 is 0 Å². The van der Waals surface area contributed by atoms with Gasteiger partial charge in [0.2, 0.25) is 0 Å². The summed E-state index contributed by atoms with van der Waals surface area (Å²) in [5.41, 5.74) is 2.49. The molecule has 1 nitrogen and oxygen atoms in total. The molecule has 0 saturated heterocycles. The lowest BCUT2D eigenvalue weighted by atomic mass is 9.96. The first-order valence-corrected chi connectivity index (χ1v) is 8.96. The minimum absolute atomic E-state index is 0.962. The third kappa shape index (κ3) is 10.2. The quantitative estimate of drug-likeness (QED) is 0.199. The second-order valence-electron chi connectivity index (χ2n) is 5.93. The number of allylic oxidation sites excluding steroid dienone is 2. The smallest absolute Gasteiger partial charge is 0.145 e. The molecular formula is C19H36O. The molecule has 0 aliphatic heterocycles. The van der Waals surface area contributed by atoms with Crippen LogP contribution in [0.25, 0.3) is 0 Å². The van der Waals surface area contributed by atoms with E-state index in [1.807, 2.05) is 0 Å². The van der Waals surface area contributed by atoms with Crippen LogP contribution in [0.4, 0.5) is 0 Å². The van der Waals surface area contributed by atoms with Gasteiger partial charge >= 0.3 is 0 Å². The molecule has 0 aliphatic rings. The zero-order valence-electron chi connectivity index (χ0n) is 14.2. The van der Waals surface area contributed by atoms with Crippen LogP contribution in [0.1, 0.15) is 104 Å². The first-order chi connectivity index (χ1) is 9.79. The molecule has 0 bridgehead atoms. The van der Waals surface area contributed by atoms with Gasteiger partial charge in [0, 0.05) is 0 Å². The molecule has 0 spiro atoms. The Morgan fingerprint density at radius 2 is 1.25 bits per heavy atom. The monoisotopic (exact) mass is 280 g/mol. The first kappa shape index (κ1) is 19.4. The van der Waals surface area contributed by atoms with Gasteiger partial charge in [0.1, 0.15) is 6.29 Å². The van der Waals surface area contributed by atoms with E-state index >= 15 is 0 Å². The van der Waals surface area contributed by atoms with Crippen LogP contribution >= 0.6 is 0 Å². The molecule has 0 aromatic rings. The van der Waals surface area contributed by atoms with Crippen LogP contribution in [0.2, 0.25) is 0 Å². The molecule has 0 aliphatic carbocycles. The molecule has 0 rings (SSSR count). The molecule has 0 aromatic carbocycles. The second kappa shape index (κ2) is 14.8. The summed E-state index contributed by atoms with van der Waals surface area (Å²) in [7, 11) is 0. The van der Waals surface area contributed by atoms with Gasteiger partial charge in [0.05, 0.1) is 0 Å². The highest BCUT2D eigenvalue weighted by Crippen LogP contribution is 2.20. The molecule has 0 fully saturated rings. The largest absolute Gasteiger partial charge is 0.298 e. The van der Waals surface area contributed by atoms with Crippen LogP contribution in [0, 0.1) is 0 Å². The topological polar surface area (TPSA) is 17.1 Å². The summed E-state index contributed by atoms with van der Waals surface area (Å²) in [5.74, 6) is 0. The molecule has 0 amide bonds. The van der Waals surface area contributed by atoms with Gasteiger partial charge in [-0.15, -0.1) is 0 Å². The van der Waals surface area contributed by atoms with Crippen molar-refractivity contribution >= 4 is 6.29 Å². The fourth-order valence-electron chi connectivity index (χ4n) is 2.80. The summed E-state index contributed by atoms with van der Waals surface area (Å²) in [6, 6.07) is 0. The average molecular weight is 280 g/mol. The van der Waals surface area contributed by atoms with Crippen molar-refractivity contribution in [3.8, 4) is 0 Å². The molecule has 0 heterocycles. The lowest BCUT2D eigenvalue weighted by molar-refractivity contribution is -0.105. The van der Waals surface area contributed by atoms with Crippen molar-refractivity contribution in [3.05, 3.63) is 11.1 Å². The fourth-order valence-corrected chi connectivity index (χ4v) is 2.80. The van der Waals surface area contributed by atoms with E-state index in [9.17, 15) is 4.79 Å². The number of unbranched alkanes of at least 4 members (excludes halogenated alkanes) is 8. The Hall–Kier alpha value is -0.590. The van der Waals surface area contributed by atoms with Crippen LogP contribution in [0.3, 0.4) is 0 Å². The van der Waals surface area contributed by atoms with Gasteiger partial charge in [-0.3, -0.25) is 4.79 Å². The summed E-state index contributed by atoms with van der Waals surface area (Å²) in [4.78, 5) is 11.1. The van der Waals surface area contributed by atoms with E-state index in [1.54, 1.807) is 0 Å². The van der Waals surface area contributed by atoms with Gasteiger partial charge in [0.15, 0.2) is 0 Å². The molecule has 0 atom stereocenters. The van der Waals surface area contributed by atoms with Gasteiger partial charge in [-0.25, -0.2) is 0 Å². The van der Waals surface area contributed by atoms with Crippen molar-refractivity contribution in [3.63, 3.8) is 0 Å². The summed E-state index contributed by atoms with van der Waals surface area (Å²) < 4.78 is 0. The van der Waals surface area contributed by atoms with E-state index in [0.717, 1.165) is 37.5 Å². The maximum absolute atomic E-state index is 11.1. The van der Waals surface area contributed by atoms with E-state index in [4.69, 9.17) is 0 Å². The fraction of sp³-hybridized carbons (Fsp3) is 0.842. The zero-order chi connectivity index (χ0) is 15.1. The lowest BCUT2D eigenvalue weighted by Crippen LogP contribution is -1.94. The lowest BCUT2D eigenvalue weighted by Gasteiger charge is -2.09. The zero-order valence-corrected chi connectivity index (χ0v) is 14.2. The second-order valence-corrected chi connectivity index (χ2v) is 5.93. The highest BCUT2D eigenvalue weighted by atomic mass is 16.1. The molecule has 0 saturated carbocycles. The Bertz CT molecular complexity index is 252. The highest BCUT2D eigenvalue weighted by Gasteiger charge is 2.03. The Kier molecular flexibility index (Phi) is 14.4. The van der Waals surface area contributed by atoms with Gasteiger partial charge in [-0.2, -0.15) is 0 Å². The minimum Gasteiger partial charge on any atom is -0.298 e. The number of hydrogen-bond acceptors (Lipinski definition) is 1. The Morgan fingerprint density at radius 3 is 1.70 bits per heavy atom. The van der Waals surface area contributed by atoms with Crippen molar-refractivity contribution in [2.24, 2.45) is 0 Å². The van der Waals surface area contributed by atoms with Gasteiger partial charge in [0.25, 0.3) is 0 Å². The molecule has 20 heavy (non-hydrogen) atoms.